The second-order valence-corrected chi connectivity index (χ2v) is 6.75. The van der Waals surface area contributed by atoms with Gasteiger partial charge in [-0.25, -0.2) is 0 Å². The lowest BCUT2D eigenvalue weighted by Gasteiger charge is -2.47. The number of amides is 1. The van der Waals surface area contributed by atoms with Gasteiger partial charge in [-0.05, 0) is 25.7 Å². The highest BCUT2D eigenvalue weighted by atomic mass is 16.5. The normalized spacial score (nSPS) is 35.8. The number of ether oxygens (including phenoxy) is 1. The highest BCUT2D eigenvalue weighted by Gasteiger charge is 2.67. The van der Waals surface area contributed by atoms with Crippen molar-refractivity contribution in [2.75, 3.05) is 6.61 Å². The minimum Gasteiger partial charge on any atom is -0.390 e. The van der Waals surface area contributed by atoms with Crippen LogP contribution in [0.3, 0.4) is 0 Å². The van der Waals surface area contributed by atoms with Crippen LogP contribution in [0.15, 0.2) is 0 Å². The quantitative estimate of drug-likeness (QED) is 0.746. The Morgan fingerprint density at radius 1 is 1.45 bits per heavy atom. The molecule has 20 heavy (non-hydrogen) atoms. The Balaban J connectivity index is 3.43. The maximum absolute atomic E-state index is 12.2. The van der Waals surface area contributed by atoms with E-state index in [1.54, 1.807) is 6.92 Å². The summed E-state index contributed by atoms with van der Waals surface area (Å²) in [7, 11) is 0. The third-order valence-corrected chi connectivity index (χ3v) is 4.42. The van der Waals surface area contributed by atoms with Crippen molar-refractivity contribution in [2.45, 2.75) is 65.2 Å². The molecule has 0 bridgehead atoms. The van der Waals surface area contributed by atoms with Gasteiger partial charge in [0.15, 0.2) is 11.8 Å². The van der Waals surface area contributed by atoms with Crippen molar-refractivity contribution in [3.8, 4) is 0 Å². The van der Waals surface area contributed by atoms with Gasteiger partial charge in [0.2, 0.25) is 5.91 Å². The van der Waals surface area contributed by atoms with Gasteiger partial charge in [0.25, 0.3) is 0 Å². The van der Waals surface area contributed by atoms with E-state index in [2.05, 4.69) is 5.32 Å². The maximum Gasteiger partial charge on any atom is 0.227 e. The summed E-state index contributed by atoms with van der Waals surface area (Å²) in [6, 6.07) is 0. The molecule has 1 aliphatic rings. The third-order valence-electron chi connectivity index (χ3n) is 4.42. The van der Waals surface area contributed by atoms with E-state index < -0.39 is 28.6 Å². The summed E-state index contributed by atoms with van der Waals surface area (Å²) < 4.78 is 5.81. The molecule has 0 aliphatic carbocycles. The van der Waals surface area contributed by atoms with Crippen molar-refractivity contribution in [3.05, 3.63) is 0 Å². The zero-order valence-corrected chi connectivity index (χ0v) is 13.3. The fraction of sp³-hybridized carbons (Fsp3) is 0.867. The summed E-state index contributed by atoms with van der Waals surface area (Å²) >= 11 is 0. The summed E-state index contributed by atoms with van der Waals surface area (Å²) in [4.78, 5) is 24.1. The van der Waals surface area contributed by atoms with Gasteiger partial charge in [-0.3, -0.25) is 4.79 Å². The molecule has 1 heterocycles. The van der Waals surface area contributed by atoms with Gasteiger partial charge in [0.1, 0.15) is 5.60 Å². The molecule has 116 valence electrons. The molecule has 2 N–H and O–H groups in total. The summed E-state index contributed by atoms with van der Waals surface area (Å²) in [5.41, 5.74) is -3.03. The standard InChI is InChI=1S/C15H27NO4/c1-7-10-11(18)16-15(9-17,12(19)13(3,4)5)14(10,6)20-8-2/h9-10,12,19H,7-8H2,1-6H3,(H,16,18)/t10?,12-,14-,15+/m0/s1. The first kappa shape index (κ1) is 17.1. The monoisotopic (exact) mass is 285 g/mol. The van der Waals surface area contributed by atoms with E-state index in [1.165, 1.54) is 0 Å². The lowest BCUT2D eigenvalue weighted by Crippen LogP contribution is -2.69. The molecule has 0 saturated carbocycles. The number of aliphatic hydroxyl groups excluding tert-OH is 1. The molecule has 0 spiro atoms. The SMILES string of the molecule is CCO[C@@]1(C)C(CC)C(=O)N[C@]1(C=O)[C@@H](O)C(C)(C)C. The van der Waals surface area contributed by atoms with Crippen LogP contribution in [-0.4, -0.2) is 41.2 Å². The van der Waals surface area contributed by atoms with E-state index in [1.807, 2.05) is 34.6 Å². The van der Waals surface area contributed by atoms with Gasteiger partial charge in [0.05, 0.1) is 12.0 Å². The average molecular weight is 285 g/mol. The fourth-order valence-corrected chi connectivity index (χ4v) is 3.28. The lowest BCUT2D eigenvalue weighted by molar-refractivity contribution is -0.160. The van der Waals surface area contributed by atoms with Crippen LogP contribution in [0.25, 0.3) is 0 Å². The molecule has 0 aromatic heterocycles. The molecule has 4 atom stereocenters. The second-order valence-electron chi connectivity index (χ2n) is 6.75. The fourth-order valence-electron chi connectivity index (χ4n) is 3.28. The minimum atomic E-state index is -1.42. The van der Waals surface area contributed by atoms with E-state index in [0.29, 0.717) is 19.3 Å². The van der Waals surface area contributed by atoms with Gasteiger partial charge in [-0.1, -0.05) is 27.7 Å². The van der Waals surface area contributed by atoms with Crippen LogP contribution in [0.4, 0.5) is 0 Å². The van der Waals surface area contributed by atoms with Crippen molar-refractivity contribution in [1.82, 2.24) is 5.32 Å². The molecule has 1 fully saturated rings. The average Bonchev–Trinajstić information content (AvgIpc) is 2.55. The number of aldehydes is 1. The van der Waals surface area contributed by atoms with Crippen LogP contribution >= 0.6 is 0 Å². The first-order chi connectivity index (χ1) is 9.10. The van der Waals surface area contributed by atoms with E-state index in [9.17, 15) is 14.7 Å². The Morgan fingerprint density at radius 3 is 2.35 bits per heavy atom. The Kier molecular flexibility index (Phi) is 4.66. The van der Waals surface area contributed by atoms with Crippen LogP contribution < -0.4 is 5.32 Å². The topological polar surface area (TPSA) is 75.6 Å². The number of nitrogens with one attached hydrogen (secondary N) is 1. The van der Waals surface area contributed by atoms with Gasteiger partial charge >= 0.3 is 0 Å². The molecule has 1 saturated heterocycles. The van der Waals surface area contributed by atoms with Crippen molar-refractivity contribution in [1.29, 1.82) is 0 Å². The maximum atomic E-state index is 12.2. The summed E-state index contributed by atoms with van der Waals surface area (Å²) in [6.07, 6.45) is 0.158. The van der Waals surface area contributed by atoms with Crippen LogP contribution in [0.5, 0.6) is 0 Å². The lowest BCUT2D eigenvalue weighted by atomic mass is 9.67. The molecule has 0 radical (unpaired) electrons. The van der Waals surface area contributed by atoms with Crippen molar-refractivity contribution >= 4 is 12.2 Å². The Bertz CT molecular complexity index is 390. The van der Waals surface area contributed by atoms with Gasteiger partial charge in [0, 0.05) is 6.61 Å². The minimum absolute atomic E-state index is 0.237. The highest BCUT2D eigenvalue weighted by molar-refractivity contribution is 5.91. The van der Waals surface area contributed by atoms with Crippen molar-refractivity contribution in [3.63, 3.8) is 0 Å². The predicted octanol–water partition coefficient (Wildman–Crippen LogP) is 1.28. The van der Waals surface area contributed by atoms with Crippen molar-refractivity contribution < 1.29 is 19.4 Å². The molecule has 1 aliphatic heterocycles. The van der Waals surface area contributed by atoms with Crippen LogP contribution in [0, 0.1) is 11.3 Å². The summed E-state index contributed by atoms with van der Waals surface area (Å²) in [5, 5.41) is 13.4. The number of carbonyl (C=O) groups is 2. The zero-order valence-electron chi connectivity index (χ0n) is 13.3. The highest BCUT2D eigenvalue weighted by Crippen LogP contribution is 2.45. The molecule has 0 aromatic carbocycles. The van der Waals surface area contributed by atoms with Gasteiger partial charge < -0.3 is 20.0 Å². The summed E-state index contributed by atoms with van der Waals surface area (Å²) in [6.45, 7) is 11.3. The van der Waals surface area contributed by atoms with Crippen LogP contribution in [0.2, 0.25) is 0 Å². The van der Waals surface area contributed by atoms with E-state index >= 15 is 0 Å². The van der Waals surface area contributed by atoms with Crippen molar-refractivity contribution in [2.24, 2.45) is 11.3 Å². The molecule has 5 nitrogen and oxygen atoms in total. The second kappa shape index (κ2) is 5.45. The third kappa shape index (κ3) is 2.27. The van der Waals surface area contributed by atoms with Gasteiger partial charge in [-0.15, -0.1) is 0 Å². The summed E-state index contributed by atoms with van der Waals surface area (Å²) in [5.74, 6) is -0.691. The number of rotatable bonds is 5. The van der Waals surface area contributed by atoms with Gasteiger partial charge in [-0.2, -0.15) is 0 Å². The Morgan fingerprint density at radius 2 is 2.00 bits per heavy atom. The Labute approximate surface area is 121 Å². The smallest absolute Gasteiger partial charge is 0.227 e. The molecular formula is C15H27NO4. The van der Waals surface area contributed by atoms with E-state index in [4.69, 9.17) is 4.74 Å². The van der Waals surface area contributed by atoms with E-state index in [0.717, 1.165) is 0 Å². The van der Waals surface area contributed by atoms with Crippen LogP contribution in [0.1, 0.15) is 48.0 Å². The molecular weight excluding hydrogens is 258 g/mol. The first-order valence-electron chi connectivity index (χ1n) is 7.21. The number of carbonyl (C=O) groups excluding carboxylic acids is 2. The predicted molar refractivity (Wildman–Crippen MR) is 76.2 cm³/mol. The molecule has 5 heteroatoms. The molecule has 1 rings (SSSR count). The molecule has 1 unspecified atom stereocenters. The van der Waals surface area contributed by atoms with Crippen LogP contribution in [-0.2, 0) is 14.3 Å². The largest absolute Gasteiger partial charge is 0.390 e. The molecule has 1 amide bonds. The first-order valence-corrected chi connectivity index (χ1v) is 7.21. The van der Waals surface area contributed by atoms with E-state index in [-0.39, 0.29) is 5.91 Å². The number of hydrogen-bond acceptors (Lipinski definition) is 4. The number of aliphatic hydroxyl groups is 1. The molecule has 0 aromatic rings. The zero-order chi connectivity index (χ0) is 15.8. The Hall–Kier alpha value is -0.940. The number of hydrogen-bond donors (Lipinski definition) is 2.